The number of fused-ring (bicyclic) bond motifs is 4. The maximum Gasteiger partial charge on any atom is 0.259 e. The number of anilines is 4. The number of rotatable bonds is 16. The first kappa shape index (κ1) is 98.7. The minimum Gasteiger partial charge on any atom is -0.506 e. The van der Waals surface area contributed by atoms with E-state index in [-0.39, 0.29) is 164 Å². The third-order valence-electron chi connectivity index (χ3n) is 20.7. The van der Waals surface area contributed by atoms with Gasteiger partial charge in [0.05, 0.1) is 22.3 Å². The Bertz CT molecular complexity index is 6980. The average Bonchev–Trinajstić information content (AvgIpc) is 0.787. The Balaban J connectivity index is 0.000000170. The third-order valence-corrected chi connectivity index (χ3v) is 21.4. The van der Waals surface area contributed by atoms with Gasteiger partial charge in [-0.05, 0) is 194 Å². The number of carbonyl (C=O) groups excluding carboxylic acids is 4. The van der Waals surface area contributed by atoms with Crippen molar-refractivity contribution in [3.8, 4) is 46.0 Å². The van der Waals surface area contributed by atoms with E-state index in [4.69, 9.17) is 34.8 Å². The fourth-order valence-electron chi connectivity index (χ4n) is 13.5. The number of carbonyl (C=O) groups is 4. The van der Waals surface area contributed by atoms with Crippen LogP contribution in [0.3, 0.4) is 0 Å². The first-order chi connectivity index (χ1) is 62.5. The molecule has 0 saturated heterocycles. The van der Waals surface area contributed by atoms with Gasteiger partial charge in [-0.25, -0.2) is 0 Å². The number of nitrogens with zero attached hydrogens (tertiary/aromatic N) is 8. The van der Waals surface area contributed by atoms with Gasteiger partial charge in [0.2, 0.25) is 0 Å². The maximum absolute atomic E-state index is 13.0. The van der Waals surface area contributed by atoms with Gasteiger partial charge in [0.1, 0.15) is 68.5 Å². The number of hydrogen-bond donors (Lipinski definition) is 12. The zero-order valence-corrected chi connectivity index (χ0v) is 77.5. The Morgan fingerprint density at radius 2 is 0.466 bits per heavy atom. The molecule has 0 radical (unpaired) electrons. The summed E-state index contributed by atoms with van der Waals surface area (Å²) in [4.78, 5) is 51.7. The SMILES string of the molecule is CC(C)(C)c1ccc(O)c(N=Nc2c(O)c(C(=O)Nc3cccc(Cl)c3)cc3ccccc23)c1.CC(C)(C)c1ccc(O)c(N=Nc2c(O)c(C(=O)Nc3cccc(Cl)c3)cc3ccccc23)c1.CC(C)(C)c1ccc(O)c(N=Nc2c(O)c(C(=O)Nc3ccccc3)cc3ccccc23)c1.O=C(Nc1ccccc1)c1cc2ccccc2c(N=Nc2cc(Cl)ccc2O)c1O.[Fe].[Fe]. The number of para-hydroxylation sites is 2. The zero-order valence-electron chi connectivity index (χ0n) is 73.0. The third kappa shape index (κ3) is 24.6. The van der Waals surface area contributed by atoms with E-state index in [2.05, 4.69) is 124 Å². The summed E-state index contributed by atoms with van der Waals surface area (Å²) in [6.45, 7) is 18.5. The smallest absolute Gasteiger partial charge is 0.259 e. The quantitative estimate of drug-likeness (QED) is 0.0317. The first-order valence-corrected chi connectivity index (χ1v) is 42.2. The number of aromatic hydroxyl groups is 8. The van der Waals surface area contributed by atoms with Crippen LogP contribution in [-0.4, -0.2) is 64.5 Å². The normalized spacial score (nSPS) is 11.4. The van der Waals surface area contributed by atoms with Crippen molar-refractivity contribution in [3.63, 3.8) is 0 Å². The Morgan fingerprint density at radius 1 is 0.241 bits per heavy atom. The molecule has 0 heterocycles. The Kier molecular flexibility index (Phi) is 32.1. The van der Waals surface area contributed by atoms with Crippen molar-refractivity contribution in [2.75, 3.05) is 21.3 Å². The molecule has 16 aromatic carbocycles. The second-order valence-corrected chi connectivity index (χ2v) is 34.5. The molecule has 4 amide bonds. The molecule has 0 spiro atoms. The molecule has 0 unspecified atom stereocenters. The number of amides is 4. The number of benzene rings is 16. The van der Waals surface area contributed by atoms with Gasteiger partial charge in [-0.2, -0.15) is 0 Å². The van der Waals surface area contributed by atoms with Crippen LogP contribution in [0.2, 0.25) is 15.1 Å². The van der Waals surface area contributed by atoms with Gasteiger partial charge in [-0.15, -0.1) is 40.9 Å². The van der Waals surface area contributed by atoms with Gasteiger partial charge in [0.15, 0.2) is 23.0 Å². The standard InChI is InChI=1S/2C27H24ClN3O3.C27H25N3O3.C23H16ClN3O3.2Fe/c2*1-27(2,3)17-11-12-23(32)22(14-17)30-31-24-20-10-5-4-7-16(20)13-21(25(24)33)26(34)29-19-9-6-8-18(28)15-19;1-27(2,3)18-13-14-23(31)22(16-18)29-30-24-20-12-8-7-9-17(20)15-21(25(24)32)26(33)28-19-10-5-4-6-11-19;24-15-10-11-20(28)19(13-15)26-27-21-17-9-5-4-6-14(17)12-18(22(21)29)23(30)25-16-7-2-1-3-8-16;;/h2*4-15,32-33H,1-3H3,(H,29,34);4-16,31-32H,1-3H3,(H,28,33);1-13,28-29H,(H,25,30);;. The molecule has 0 aromatic heterocycles. The van der Waals surface area contributed by atoms with Crippen LogP contribution < -0.4 is 21.3 Å². The minimum atomic E-state index is -0.514. The number of nitrogens with one attached hydrogen (secondary N) is 4. The summed E-state index contributed by atoms with van der Waals surface area (Å²) in [6, 6.07) is 86.7. The summed E-state index contributed by atoms with van der Waals surface area (Å²) in [5.74, 6) is -3.38. The predicted octanol–water partition coefficient (Wildman–Crippen LogP) is 29.5. The fourth-order valence-corrected chi connectivity index (χ4v) is 14.1. The molecule has 12 N–H and O–H groups in total. The van der Waals surface area contributed by atoms with Gasteiger partial charge >= 0.3 is 0 Å². The summed E-state index contributed by atoms with van der Waals surface area (Å²) in [7, 11) is 0. The van der Waals surface area contributed by atoms with Crippen LogP contribution in [0.15, 0.2) is 344 Å². The minimum absolute atomic E-state index is 0. The second kappa shape index (κ2) is 43.3. The van der Waals surface area contributed by atoms with Crippen molar-refractivity contribution in [2.24, 2.45) is 40.9 Å². The molecule has 0 bridgehead atoms. The Hall–Kier alpha value is -14.9. The van der Waals surface area contributed by atoms with Crippen LogP contribution in [0, 0.1) is 0 Å². The molecule has 0 aliphatic rings. The van der Waals surface area contributed by atoms with E-state index in [0.717, 1.165) is 22.1 Å². The summed E-state index contributed by atoms with van der Waals surface area (Å²) in [6.07, 6.45) is 0. The predicted molar refractivity (Wildman–Crippen MR) is 520 cm³/mol. The number of halogens is 3. The van der Waals surface area contributed by atoms with Crippen molar-refractivity contribution < 1.29 is 94.2 Å². The van der Waals surface area contributed by atoms with Gasteiger partial charge in [0.25, 0.3) is 23.6 Å². The van der Waals surface area contributed by atoms with E-state index in [9.17, 15) is 60.0 Å². The van der Waals surface area contributed by atoms with Gasteiger partial charge in [-0.1, -0.05) is 261 Å². The molecular formula is C104H89Cl3Fe2N12O12. The number of hydrogen-bond acceptors (Lipinski definition) is 20. The molecular weight excluding hydrogens is 1830 g/mol. The molecule has 29 heteroatoms. The summed E-state index contributed by atoms with van der Waals surface area (Å²) in [5, 5.41) is 136. The van der Waals surface area contributed by atoms with Crippen molar-refractivity contribution in [1.29, 1.82) is 0 Å². The molecule has 16 rings (SSSR count). The summed E-state index contributed by atoms with van der Waals surface area (Å²) >= 11 is 18.0. The first-order valence-electron chi connectivity index (χ1n) is 41.0. The van der Waals surface area contributed by atoms with Crippen LogP contribution in [0.4, 0.5) is 68.2 Å². The molecule has 0 aliphatic heterocycles. The van der Waals surface area contributed by atoms with E-state index >= 15 is 0 Å². The van der Waals surface area contributed by atoms with Crippen LogP contribution in [0.25, 0.3) is 43.1 Å². The number of azo groups is 4. The molecule has 0 fully saturated rings. The molecule has 16 aromatic rings. The molecule has 0 aliphatic carbocycles. The molecule has 0 atom stereocenters. The topological polar surface area (TPSA) is 377 Å². The van der Waals surface area contributed by atoms with Crippen molar-refractivity contribution in [3.05, 3.63) is 357 Å². The van der Waals surface area contributed by atoms with E-state index < -0.39 is 23.6 Å². The fraction of sp³-hybridized carbons (Fsp3) is 0.115. The maximum atomic E-state index is 13.0. The monoisotopic (exact) mass is 1910 g/mol. The van der Waals surface area contributed by atoms with Crippen LogP contribution >= 0.6 is 34.8 Å². The van der Waals surface area contributed by atoms with E-state index in [1.165, 1.54) is 18.2 Å². The number of phenols is 8. The van der Waals surface area contributed by atoms with Crippen molar-refractivity contribution >= 4 is 170 Å². The van der Waals surface area contributed by atoms with Crippen LogP contribution in [0.5, 0.6) is 46.0 Å². The molecule has 24 nitrogen and oxygen atoms in total. The van der Waals surface area contributed by atoms with Gasteiger partial charge < -0.3 is 62.1 Å². The van der Waals surface area contributed by atoms with Crippen LogP contribution in [0.1, 0.15) is 120 Å². The van der Waals surface area contributed by atoms with E-state index in [1.54, 1.807) is 176 Å². The summed E-state index contributed by atoms with van der Waals surface area (Å²) < 4.78 is 0. The number of phenolic OH excluding ortho intramolecular Hbond substituents is 8. The van der Waals surface area contributed by atoms with Crippen molar-refractivity contribution in [2.45, 2.75) is 78.6 Å². The van der Waals surface area contributed by atoms with Gasteiger partial charge in [0, 0.05) is 93.5 Å². The largest absolute Gasteiger partial charge is 0.506 e. The summed E-state index contributed by atoms with van der Waals surface area (Å²) in [5.41, 5.74) is 6.44. The zero-order chi connectivity index (χ0) is 93.6. The Labute approximate surface area is 802 Å². The van der Waals surface area contributed by atoms with Gasteiger partial charge in [-0.3, -0.25) is 19.2 Å². The van der Waals surface area contributed by atoms with Crippen molar-refractivity contribution in [1.82, 2.24) is 0 Å². The van der Waals surface area contributed by atoms with E-state index in [1.807, 2.05) is 109 Å². The molecule has 674 valence electrons. The second-order valence-electron chi connectivity index (χ2n) is 33.2. The average molecular weight is 1920 g/mol. The molecule has 0 saturated carbocycles. The van der Waals surface area contributed by atoms with Crippen LogP contribution in [-0.2, 0) is 50.4 Å². The van der Waals surface area contributed by atoms with E-state index in [0.29, 0.717) is 75.5 Å². The molecule has 133 heavy (non-hydrogen) atoms. The Morgan fingerprint density at radius 3 is 0.729 bits per heavy atom.